The Morgan fingerprint density at radius 2 is 1.91 bits per heavy atom. The number of halogens is 1. The molecule has 2 N–H and O–H groups in total. The molecule has 0 bridgehead atoms. The lowest BCUT2D eigenvalue weighted by molar-refractivity contribution is -0.133. The third-order valence-corrected chi connectivity index (χ3v) is 4.41. The molecular formula is C15H25ClN2O3S. The maximum absolute atomic E-state index is 12.3. The van der Waals surface area contributed by atoms with Crippen molar-refractivity contribution in [1.82, 2.24) is 4.90 Å². The molecule has 0 aliphatic heterocycles. The first-order chi connectivity index (χ1) is 9.74. The van der Waals surface area contributed by atoms with Gasteiger partial charge in [0.25, 0.3) is 0 Å². The zero-order chi connectivity index (χ0) is 16.0. The smallest absolute Gasteiger partial charge is 0.239 e. The molecule has 7 heteroatoms. The van der Waals surface area contributed by atoms with E-state index in [0.717, 1.165) is 17.4 Å². The standard InChI is InChI=1S/C15H24N2O3S.ClH/c1-4-17(11-13-8-6-5-7-12(13)2)15(18)14(16)9-10-21(3,19)20;/h5-8,14H,4,9-11,16H2,1-3H3;1H. The summed E-state index contributed by atoms with van der Waals surface area (Å²) in [7, 11) is -3.10. The van der Waals surface area contributed by atoms with Gasteiger partial charge in [0.05, 0.1) is 11.8 Å². The number of sulfone groups is 1. The number of likely N-dealkylation sites (N-methyl/N-ethyl adjacent to an activating group) is 1. The van der Waals surface area contributed by atoms with Gasteiger partial charge in [-0.2, -0.15) is 0 Å². The Balaban J connectivity index is 0.00000441. The lowest BCUT2D eigenvalue weighted by atomic mass is 10.1. The first kappa shape index (κ1) is 20.9. The van der Waals surface area contributed by atoms with Gasteiger partial charge in [-0.3, -0.25) is 4.79 Å². The summed E-state index contributed by atoms with van der Waals surface area (Å²) in [5.41, 5.74) is 8.03. The molecule has 5 nitrogen and oxygen atoms in total. The fraction of sp³-hybridized carbons (Fsp3) is 0.533. The number of nitrogens with zero attached hydrogens (tertiary/aromatic N) is 1. The SMILES string of the molecule is CCN(Cc1ccccc1C)C(=O)C(N)CCS(C)(=O)=O.Cl. The van der Waals surface area contributed by atoms with Gasteiger partial charge in [-0.1, -0.05) is 24.3 Å². The zero-order valence-electron chi connectivity index (χ0n) is 13.3. The van der Waals surface area contributed by atoms with Crippen molar-refractivity contribution >= 4 is 28.2 Å². The van der Waals surface area contributed by atoms with Crippen molar-refractivity contribution in [1.29, 1.82) is 0 Å². The van der Waals surface area contributed by atoms with E-state index in [9.17, 15) is 13.2 Å². The number of carbonyl (C=O) groups is 1. The number of hydrogen-bond acceptors (Lipinski definition) is 4. The van der Waals surface area contributed by atoms with Gasteiger partial charge in [0, 0.05) is 19.3 Å². The molecule has 1 amide bonds. The lowest BCUT2D eigenvalue weighted by Gasteiger charge is -2.25. The van der Waals surface area contributed by atoms with Crippen LogP contribution in [0.2, 0.25) is 0 Å². The highest BCUT2D eigenvalue weighted by Gasteiger charge is 2.21. The first-order valence-electron chi connectivity index (χ1n) is 7.01. The molecule has 0 spiro atoms. The number of hydrogen-bond donors (Lipinski definition) is 1. The highest BCUT2D eigenvalue weighted by Crippen LogP contribution is 2.11. The van der Waals surface area contributed by atoms with Crippen molar-refractivity contribution in [3.63, 3.8) is 0 Å². The van der Waals surface area contributed by atoms with E-state index in [2.05, 4.69) is 0 Å². The largest absolute Gasteiger partial charge is 0.337 e. The third kappa shape index (κ3) is 6.77. The molecule has 22 heavy (non-hydrogen) atoms. The van der Waals surface area contributed by atoms with E-state index in [0.29, 0.717) is 13.1 Å². The van der Waals surface area contributed by atoms with E-state index < -0.39 is 15.9 Å². The second kappa shape index (κ2) is 9.12. The van der Waals surface area contributed by atoms with Crippen LogP contribution in [-0.4, -0.2) is 43.8 Å². The van der Waals surface area contributed by atoms with Crippen LogP contribution in [0.5, 0.6) is 0 Å². The number of carbonyl (C=O) groups excluding carboxylic acids is 1. The number of amides is 1. The minimum atomic E-state index is -3.10. The van der Waals surface area contributed by atoms with Gasteiger partial charge in [-0.05, 0) is 31.4 Å². The normalized spacial score (nSPS) is 12.4. The van der Waals surface area contributed by atoms with Crippen LogP contribution in [0.15, 0.2) is 24.3 Å². The molecule has 0 aliphatic carbocycles. The molecular weight excluding hydrogens is 324 g/mol. The Kier molecular flexibility index (Phi) is 8.66. The van der Waals surface area contributed by atoms with Gasteiger partial charge in [0.1, 0.15) is 9.84 Å². The van der Waals surface area contributed by atoms with Crippen LogP contribution in [0.25, 0.3) is 0 Å². The third-order valence-electron chi connectivity index (χ3n) is 3.43. The molecule has 1 aromatic carbocycles. The molecule has 1 unspecified atom stereocenters. The van der Waals surface area contributed by atoms with Crippen LogP contribution in [0.1, 0.15) is 24.5 Å². The van der Waals surface area contributed by atoms with E-state index >= 15 is 0 Å². The predicted octanol–water partition coefficient (Wildman–Crippen LogP) is 1.53. The van der Waals surface area contributed by atoms with Gasteiger partial charge in [-0.25, -0.2) is 8.42 Å². The van der Waals surface area contributed by atoms with Gasteiger partial charge < -0.3 is 10.6 Å². The van der Waals surface area contributed by atoms with E-state index in [1.807, 2.05) is 38.1 Å². The monoisotopic (exact) mass is 348 g/mol. The van der Waals surface area contributed by atoms with Gasteiger partial charge in [-0.15, -0.1) is 12.4 Å². The molecule has 1 atom stereocenters. The van der Waals surface area contributed by atoms with Gasteiger partial charge in [0.15, 0.2) is 0 Å². The Hall–Kier alpha value is -1.11. The fourth-order valence-electron chi connectivity index (χ4n) is 2.04. The van der Waals surface area contributed by atoms with Gasteiger partial charge >= 0.3 is 0 Å². The summed E-state index contributed by atoms with van der Waals surface area (Å²) in [6, 6.07) is 7.09. The summed E-state index contributed by atoms with van der Waals surface area (Å²) in [5.74, 6) is -0.272. The Labute approximate surface area is 139 Å². The van der Waals surface area contributed by atoms with Crippen LogP contribution in [-0.2, 0) is 21.2 Å². The first-order valence-corrected chi connectivity index (χ1v) is 9.07. The highest BCUT2D eigenvalue weighted by atomic mass is 35.5. The van der Waals surface area contributed by atoms with Crippen molar-refractivity contribution in [2.75, 3.05) is 18.6 Å². The topological polar surface area (TPSA) is 80.5 Å². The number of rotatable bonds is 7. The van der Waals surface area contributed by atoms with Gasteiger partial charge in [0.2, 0.25) is 5.91 Å². The maximum atomic E-state index is 12.3. The molecule has 0 heterocycles. The van der Waals surface area contributed by atoms with Crippen molar-refractivity contribution in [3.8, 4) is 0 Å². The average molecular weight is 349 g/mol. The molecule has 0 saturated heterocycles. The average Bonchev–Trinajstić information content (AvgIpc) is 2.42. The second-order valence-electron chi connectivity index (χ2n) is 5.30. The van der Waals surface area contributed by atoms with Crippen molar-refractivity contribution in [2.24, 2.45) is 5.73 Å². The predicted molar refractivity (Wildman–Crippen MR) is 91.8 cm³/mol. The molecule has 0 aromatic heterocycles. The number of aryl methyl sites for hydroxylation is 1. The molecule has 0 radical (unpaired) electrons. The molecule has 1 aromatic rings. The second-order valence-corrected chi connectivity index (χ2v) is 7.56. The van der Waals surface area contributed by atoms with Crippen molar-refractivity contribution < 1.29 is 13.2 Å². The van der Waals surface area contributed by atoms with Crippen LogP contribution in [0.3, 0.4) is 0 Å². The summed E-state index contributed by atoms with van der Waals surface area (Å²) in [6.45, 7) is 4.92. The summed E-state index contributed by atoms with van der Waals surface area (Å²) in [5, 5.41) is 0. The Morgan fingerprint density at radius 1 is 1.32 bits per heavy atom. The van der Waals surface area contributed by atoms with E-state index in [1.165, 1.54) is 0 Å². The van der Waals surface area contributed by atoms with Crippen LogP contribution in [0.4, 0.5) is 0 Å². The molecule has 126 valence electrons. The molecule has 0 fully saturated rings. The van der Waals surface area contributed by atoms with Crippen LogP contribution in [0, 0.1) is 6.92 Å². The van der Waals surface area contributed by atoms with Crippen LogP contribution < -0.4 is 5.73 Å². The van der Waals surface area contributed by atoms with Crippen LogP contribution >= 0.6 is 12.4 Å². The number of benzene rings is 1. The quantitative estimate of drug-likeness (QED) is 0.810. The lowest BCUT2D eigenvalue weighted by Crippen LogP contribution is -2.44. The zero-order valence-corrected chi connectivity index (χ0v) is 14.9. The molecule has 0 aliphatic rings. The Bertz CT molecular complexity index is 590. The minimum absolute atomic E-state index is 0. The van der Waals surface area contributed by atoms with Crippen molar-refractivity contribution in [3.05, 3.63) is 35.4 Å². The fourth-order valence-corrected chi connectivity index (χ4v) is 2.72. The maximum Gasteiger partial charge on any atom is 0.239 e. The summed E-state index contributed by atoms with van der Waals surface area (Å²) >= 11 is 0. The minimum Gasteiger partial charge on any atom is -0.337 e. The Morgan fingerprint density at radius 3 is 2.41 bits per heavy atom. The van der Waals surface area contributed by atoms with Crippen molar-refractivity contribution in [2.45, 2.75) is 32.9 Å². The number of nitrogens with two attached hydrogens (primary N) is 1. The summed E-state index contributed by atoms with van der Waals surface area (Å²) in [6.07, 6.45) is 1.30. The molecule has 0 saturated carbocycles. The van der Waals surface area contributed by atoms with E-state index in [1.54, 1.807) is 4.90 Å². The summed E-state index contributed by atoms with van der Waals surface area (Å²) < 4.78 is 22.3. The van der Waals surface area contributed by atoms with E-state index in [4.69, 9.17) is 5.73 Å². The summed E-state index contributed by atoms with van der Waals surface area (Å²) in [4.78, 5) is 14.0. The van der Waals surface area contributed by atoms with E-state index in [-0.39, 0.29) is 30.5 Å². The molecule has 1 rings (SSSR count). The highest BCUT2D eigenvalue weighted by molar-refractivity contribution is 7.90.